The van der Waals surface area contributed by atoms with Crippen molar-refractivity contribution in [3.63, 3.8) is 0 Å². The minimum Gasteiger partial charge on any atom is -0.298 e. The van der Waals surface area contributed by atoms with E-state index < -0.39 is 0 Å². The van der Waals surface area contributed by atoms with Gasteiger partial charge in [-0.25, -0.2) is 0 Å². The molecule has 0 radical (unpaired) electrons. The van der Waals surface area contributed by atoms with Crippen molar-refractivity contribution in [3.8, 4) is 0 Å². The lowest BCUT2D eigenvalue weighted by Crippen LogP contribution is -1.86. The molecule has 1 aromatic rings. The van der Waals surface area contributed by atoms with E-state index in [-0.39, 0.29) is 0 Å². The summed E-state index contributed by atoms with van der Waals surface area (Å²) in [5.41, 5.74) is 9.42. The van der Waals surface area contributed by atoms with Gasteiger partial charge in [-0.05, 0) is 18.0 Å². The summed E-state index contributed by atoms with van der Waals surface area (Å²) < 4.78 is 0. The maximum Gasteiger partial charge on any atom is 0.150 e. The molecule has 5 heteroatoms. The summed E-state index contributed by atoms with van der Waals surface area (Å²) in [6, 6.07) is 1.65. The molecule has 15 heavy (non-hydrogen) atoms. The molecule has 5 nitrogen and oxygen atoms in total. The Bertz CT molecular complexity index is 408. The van der Waals surface area contributed by atoms with Crippen LogP contribution >= 0.6 is 0 Å². The lowest BCUT2D eigenvalue weighted by Gasteiger charge is -1.95. The van der Waals surface area contributed by atoms with Crippen LogP contribution in [0, 0.1) is 0 Å². The second kappa shape index (κ2) is 6.34. The molecule has 1 rings (SSSR count). The first-order valence-corrected chi connectivity index (χ1v) is 4.45. The third-order valence-corrected chi connectivity index (χ3v) is 1.77. The normalized spacial score (nSPS) is 9.87. The van der Waals surface area contributed by atoms with Gasteiger partial charge in [0.05, 0.1) is 0 Å². The Hall–Kier alpha value is -2.13. The van der Waals surface area contributed by atoms with Gasteiger partial charge < -0.3 is 0 Å². The lowest BCUT2D eigenvalue weighted by molar-refractivity contribution is 0.112. The molecule has 0 aliphatic heterocycles. The molecule has 0 atom stereocenters. The summed E-state index contributed by atoms with van der Waals surface area (Å²) in [7, 11) is 0. The largest absolute Gasteiger partial charge is 0.298 e. The van der Waals surface area contributed by atoms with E-state index in [1.807, 2.05) is 6.08 Å². The van der Waals surface area contributed by atoms with Crippen molar-refractivity contribution in [2.24, 2.45) is 5.11 Å². The first-order chi connectivity index (χ1) is 7.38. The molecule has 0 aliphatic carbocycles. The van der Waals surface area contributed by atoms with Crippen LogP contribution in [0.25, 0.3) is 16.5 Å². The van der Waals surface area contributed by atoms with E-state index in [0.717, 1.165) is 11.8 Å². The number of rotatable bonds is 5. The molecule has 0 amide bonds. The van der Waals surface area contributed by atoms with Gasteiger partial charge in [0.15, 0.2) is 6.29 Å². The number of aromatic nitrogens is 1. The quantitative estimate of drug-likeness (QED) is 0.242. The minimum absolute atomic E-state index is 0.420. The van der Waals surface area contributed by atoms with Crippen molar-refractivity contribution >= 4 is 12.4 Å². The van der Waals surface area contributed by atoms with Crippen molar-refractivity contribution in [2.75, 3.05) is 6.54 Å². The number of aldehydes is 1. The number of azide groups is 1. The molecule has 76 valence electrons. The van der Waals surface area contributed by atoms with E-state index in [4.69, 9.17) is 5.53 Å². The highest BCUT2D eigenvalue weighted by Crippen LogP contribution is 2.06. The number of hydrogen-bond acceptors (Lipinski definition) is 3. The van der Waals surface area contributed by atoms with Gasteiger partial charge in [0.25, 0.3) is 0 Å². The van der Waals surface area contributed by atoms with E-state index in [1.54, 1.807) is 24.5 Å². The summed E-state index contributed by atoms with van der Waals surface area (Å²) in [6.07, 6.45) is 8.27. The maximum absolute atomic E-state index is 10.6. The summed E-state index contributed by atoms with van der Waals surface area (Å²) in [6.45, 7) is 0.420. The molecule has 0 spiro atoms. The van der Waals surface area contributed by atoms with Crippen molar-refractivity contribution < 1.29 is 4.79 Å². The molecular weight excluding hydrogens is 192 g/mol. The molecule has 0 aliphatic rings. The zero-order valence-corrected chi connectivity index (χ0v) is 8.08. The molecule has 0 aromatic carbocycles. The number of hydrogen-bond donors (Lipinski definition) is 0. The predicted octanol–water partition coefficient (Wildman–Crippen LogP) is 2.61. The lowest BCUT2D eigenvalue weighted by atomic mass is 10.1. The molecule has 0 saturated carbocycles. The Morgan fingerprint density at radius 2 is 2.40 bits per heavy atom. The molecule has 0 bridgehead atoms. The highest BCUT2D eigenvalue weighted by Gasteiger charge is 1.95. The zero-order valence-electron chi connectivity index (χ0n) is 8.08. The fourth-order valence-electron chi connectivity index (χ4n) is 1.05. The van der Waals surface area contributed by atoms with Gasteiger partial charge in [-0.2, -0.15) is 0 Å². The number of nitrogens with zero attached hydrogens (tertiary/aromatic N) is 4. The minimum atomic E-state index is 0.420. The molecular formula is C10H10N4O. The van der Waals surface area contributed by atoms with Crippen LogP contribution in [0.3, 0.4) is 0 Å². The Labute approximate surface area is 87.1 Å². The fraction of sp³-hybridized carbons (Fsp3) is 0.200. The van der Waals surface area contributed by atoms with E-state index in [1.165, 1.54) is 0 Å². The first kappa shape index (κ1) is 10.9. The maximum atomic E-state index is 10.6. The van der Waals surface area contributed by atoms with E-state index >= 15 is 0 Å². The average molecular weight is 202 g/mol. The van der Waals surface area contributed by atoms with Gasteiger partial charge in [0.2, 0.25) is 0 Å². The van der Waals surface area contributed by atoms with Crippen LogP contribution in [0.5, 0.6) is 0 Å². The fourth-order valence-corrected chi connectivity index (χ4v) is 1.05. The van der Waals surface area contributed by atoms with E-state index in [9.17, 15) is 4.79 Å². The molecule has 0 saturated heterocycles. The van der Waals surface area contributed by atoms with Crippen LogP contribution in [0.2, 0.25) is 0 Å². The Kier molecular flexibility index (Phi) is 4.63. The Morgan fingerprint density at radius 3 is 3.13 bits per heavy atom. The predicted molar refractivity (Wildman–Crippen MR) is 57.3 cm³/mol. The third-order valence-electron chi connectivity index (χ3n) is 1.77. The summed E-state index contributed by atoms with van der Waals surface area (Å²) in [4.78, 5) is 17.2. The van der Waals surface area contributed by atoms with Crippen LogP contribution < -0.4 is 0 Å². The summed E-state index contributed by atoms with van der Waals surface area (Å²) in [5, 5.41) is 3.39. The smallest absolute Gasteiger partial charge is 0.150 e. The SMILES string of the molecule is [N-]=[N+]=NCCC=Cc1cnccc1C=O. The topological polar surface area (TPSA) is 78.7 Å². The molecule has 0 fully saturated rings. The summed E-state index contributed by atoms with van der Waals surface area (Å²) >= 11 is 0. The van der Waals surface area contributed by atoms with Gasteiger partial charge in [0, 0.05) is 35.0 Å². The van der Waals surface area contributed by atoms with E-state index in [2.05, 4.69) is 15.0 Å². The van der Waals surface area contributed by atoms with Crippen LogP contribution in [0.4, 0.5) is 0 Å². The number of pyridine rings is 1. The number of carbonyl (C=O) groups is 1. The highest BCUT2D eigenvalue weighted by atomic mass is 16.1. The van der Waals surface area contributed by atoms with Crippen molar-refractivity contribution in [2.45, 2.75) is 6.42 Å². The summed E-state index contributed by atoms with van der Waals surface area (Å²) in [5.74, 6) is 0. The first-order valence-electron chi connectivity index (χ1n) is 4.45. The Balaban J connectivity index is 2.63. The van der Waals surface area contributed by atoms with Gasteiger partial charge in [-0.1, -0.05) is 17.3 Å². The van der Waals surface area contributed by atoms with Crippen molar-refractivity contribution in [1.29, 1.82) is 0 Å². The molecule has 1 heterocycles. The average Bonchev–Trinajstić information content (AvgIpc) is 2.29. The number of carbonyl (C=O) groups excluding carboxylic acids is 1. The van der Waals surface area contributed by atoms with Gasteiger partial charge in [-0.3, -0.25) is 9.78 Å². The second-order valence-corrected chi connectivity index (χ2v) is 2.77. The molecule has 1 aromatic heterocycles. The monoisotopic (exact) mass is 202 g/mol. The van der Waals surface area contributed by atoms with Crippen LogP contribution in [-0.4, -0.2) is 17.8 Å². The third kappa shape index (κ3) is 3.62. The van der Waals surface area contributed by atoms with E-state index in [0.29, 0.717) is 18.5 Å². The highest BCUT2D eigenvalue weighted by molar-refractivity contribution is 5.81. The van der Waals surface area contributed by atoms with Gasteiger partial charge in [0.1, 0.15) is 0 Å². The zero-order chi connectivity index (χ0) is 10.9. The second-order valence-electron chi connectivity index (χ2n) is 2.77. The Morgan fingerprint density at radius 1 is 1.53 bits per heavy atom. The van der Waals surface area contributed by atoms with Gasteiger partial charge in [-0.15, -0.1) is 0 Å². The van der Waals surface area contributed by atoms with Gasteiger partial charge >= 0.3 is 0 Å². The van der Waals surface area contributed by atoms with Crippen molar-refractivity contribution in [3.05, 3.63) is 46.1 Å². The molecule has 0 unspecified atom stereocenters. The molecule has 0 N–H and O–H groups in total. The van der Waals surface area contributed by atoms with Crippen LogP contribution in [0.1, 0.15) is 22.3 Å². The van der Waals surface area contributed by atoms with Crippen LogP contribution in [0.15, 0.2) is 29.7 Å². The van der Waals surface area contributed by atoms with Crippen molar-refractivity contribution in [1.82, 2.24) is 4.98 Å². The standard InChI is InChI=1S/C10H10N4O/c11-14-13-5-2-1-3-9-7-12-6-4-10(9)8-15/h1,3-4,6-8H,2,5H2. The van der Waals surface area contributed by atoms with Crippen LogP contribution in [-0.2, 0) is 0 Å².